The lowest BCUT2D eigenvalue weighted by atomic mass is 10.1. The van der Waals surface area contributed by atoms with Gasteiger partial charge >= 0.3 is 0 Å². The van der Waals surface area contributed by atoms with Gasteiger partial charge in [-0.05, 0) is 61.0 Å². The molecule has 0 saturated carbocycles. The maximum atomic E-state index is 12.9. The first kappa shape index (κ1) is 20.4. The molecule has 29 heavy (non-hydrogen) atoms. The first-order chi connectivity index (χ1) is 13.8. The molecule has 150 valence electrons. The molecule has 2 N–H and O–H groups in total. The highest BCUT2D eigenvalue weighted by molar-refractivity contribution is 7.89. The van der Waals surface area contributed by atoms with Crippen LogP contribution in [0.3, 0.4) is 0 Å². The summed E-state index contributed by atoms with van der Waals surface area (Å²) >= 11 is 0. The summed E-state index contributed by atoms with van der Waals surface area (Å²) in [5, 5.41) is 4.00. The molecular weight excluding hydrogens is 397 g/mol. The third-order valence-electron chi connectivity index (χ3n) is 4.03. The number of furan rings is 1. The van der Waals surface area contributed by atoms with Gasteiger partial charge in [0, 0.05) is 5.56 Å². The number of rotatable bonds is 7. The Balaban J connectivity index is 1.64. The van der Waals surface area contributed by atoms with Gasteiger partial charge in [0.25, 0.3) is 5.91 Å². The first-order valence-electron chi connectivity index (χ1n) is 8.58. The number of benzene rings is 2. The predicted molar refractivity (Wildman–Crippen MR) is 105 cm³/mol. The zero-order chi connectivity index (χ0) is 20.9. The van der Waals surface area contributed by atoms with E-state index in [1.165, 1.54) is 42.7 Å². The second-order valence-electron chi connectivity index (χ2n) is 6.07. The van der Waals surface area contributed by atoms with Gasteiger partial charge in [-0.2, -0.15) is 5.10 Å². The highest BCUT2D eigenvalue weighted by Crippen LogP contribution is 2.12. The molecule has 0 atom stereocenters. The third-order valence-corrected chi connectivity index (χ3v) is 5.45. The summed E-state index contributed by atoms with van der Waals surface area (Å²) in [6.07, 6.45) is 1.47. The predicted octanol–water partition coefficient (Wildman–Crippen LogP) is 3.05. The number of hydrazone groups is 1. The van der Waals surface area contributed by atoms with Crippen LogP contribution in [0.25, 0.3) is 0 Å². The smallest absolute Gasteiger partial charge is 0.271 e. The van der Waals surface area contributed by atoms with E-state index in [-0.39, 0.29) is 17.0 Å². The molecule has 2 aromatic carbocycles. The number of carbonyl (C=O) groups is 1. The molecular formula is C20H18FN3O4S. The fraction of sp³-hybridized carbons (Fsp3) is 0.100. The van der Waals surface area contributed by atoms with E-state index in [0.717, 1.165) is 0 Å². The van der Waals surface area contributed by atoms with Crippen LogP contribution in [0.4, 0.5) is 4.39 Å². The van der Waals surface area contributed by atoms with Gasteiger partial charge in [-0.3, -0.25) is 4.79 Å². The molecule has 3 rings (SSSR count). The molecule has 0 spiro atoms. The van der Waals surface area contributed by atoms with Crippen LogP contribution in [0.15, 0.2) is 81.3 Å². The summed E-state index contributed by atoms with van der Waals surface area (Å²) < 4.78 is 45.1. The van der Waals surface area contributed by atoms with Crippen LogP contribution in [0, 0.1) is 5.82 Å². The van der Waals surface area contributed by atoms with Gasteiger partial charge in [-0.25, -0.2) is 23.0 Å². The Bertz CT molecular complexity index is 1110. The highest BCUT2D eigenvalue weighted by atomic mass is 32.2. The number of nitrogens with one attached hydrogen (secondary N) is 2. The molecule has 3 aromatic rings. The second kappa shape index (κ2) is 8.80. The molecule has 0 aliphatic rings. The van der Waals surface area contributed by atoms with E-state index in [2.05, 4.69) is 15.2 Å². The van der Waals surface area contributed by atoms with E-state index in [0.29, 0.717) is 17.0 Å². The lowest BCUT2D eigenvalue weighted by molar-refractivity contribution is 0.0955. The number of sulfonamides is 1. The SMILES string of the molecule is C/C(=N\NC(=O)c1ccc(F)cc1)c1ccc(S(=O)(=O)NCc2ccco2)cc1. The first-order valence-corrected chi connectivity index (χ1v) is 10.1. The molecule has 0 radical (unpaired) electrons. The average molecular weight is 415 g/mol. The summed E-state index contributed by atoms with van der Waals surface area (Å²) in [6, 6.07) is 14.5. The average Bonchev–Trinajstić information content (AvgIpc) is 3.25. The molecule has 0 fully saturated rings. The summed E-state index contributed by atoms with van der Waals surface area (Å²) in [5.74, 6) is -0.411. The molecule has 1 heterocycles. The fourth-order valence-corrected chi connectivity index (χ4v) is 3.40. The van der Waals surface area contributed by atoms with Crippen molar-refractivity contribution in [1.29, 1.82) is 0 Å². The van der Waals surface area contributed by atoms with Gasteiger partial charge in [0.2, 0.25) is 10.0 Å². The largest absolute Gasteiger partial charge is 0.468 e. The van der Waals surface area contributed by atoms with Crippen LogP contribution in [0.5, 0.6) is 0 Å². The summed E-state index contributed by atoms with van der Waals surface area (Å²) in [7, 11) is -3.69. The van der Waals surface area contributed by atoms with Crippen LogP contribution in [0.1, 0.15) is 28.6 Å². The zero-order valence-electron chi connectivity index (χ0n) is 15.4. The van der Waals surface area contributed by atoms with Crippen molar-refractivity contribution in [2.75, 3.05) is 0 Å². The van der Waals surface area contributed by atoms with Crippen LogP contribution in [-0.2, 0) is 16.6 Å². The molecule has 0 aliphatic heterocycles. The topological polar surface area (TPSA) is 101 Å². The Morgan fingerprint density at radius 1 is 1.03 bits per heavy atom. The van der Waals surface area contributed by atoms with E-state index >= 15 is 0 Å². The van der Waals surface area contributed by atoms with E-state index in [1.807, 2.05) is 0 Å². The van der Waals surface area contributed by atoms with Crippen molar-refractivity contribution in [1.82, 2.24) is 10.1 Å². The molecule has 0 bridgehead atoms. The fourth-order valence-electron chi connectivity index (χ4n) is 2.40. The molecule has 0 unspecified atom stereocenters. The molecule has 1 amide bonds. The zero-order valence-corrected chi connectivity index (χ0v) is 16.2. The van der Waals surface area contributed by atoms with Crippen molar-refractivity contribution < 1.29 is 22.0 Å². The van der Waals surface area contributed by atoms with Gasteiger partial charge in [0.15, 0.2) is 0 Å². The third kappa shape index (κ3) is 5.37. The number of hydrogen-bond acceptors (Lipinski definition) is 5. The number of amides is 1. The maximum absolute atomic E-state index is 12.9. The normalized spacial score (nSPS) is 12.0. The van der Waals surface area contributed by atoms with Crippen molar-refractivity contribution in [3.05, 3.63) is 89.6 Å². The van der Waals surface area contributed by atoms with Crippen molar-refractivity contribution in [2.24, 2.45) is 5.10 Å². The lowest BCUT2D eigenvalue weighted by Crippen LogP contribution is -2.23. The maximum Gasteiger partial charge on any atom is 0.271 e. The number of halogens is 1. The van der Waals surface area contributed by atoms with Crippen LogP contribution >= 0.6 is 0 Å². The molecule has 1 aromatic heterocycles. The van der Waals surface area contributed by atoms with Gasteiger partial charge < -0.3 is 4.42 Å². The molecule has 0 aliphatic carbocycles. The summed E-state index contributed by atoms with van der Waals surface area (Å²) in [4.78, 5) is 12.1. The highest BCUT2D eigenvalue weighted by Gasteiger charge is 2.14. The van der Waals surface area contributed by atoms with Crippen molar-refractivity contribution in [3.8, 4) is 0 Å². The number of hydrogen-bond donors (Lipinski definition) is 2. The Kier molecular flexibility index (Phi) is 6.20. The van der Waals surface area contributed by atoms with Gasteiger partial charge in [-0.1, -0.05) is 12.1 Å². The monoisotopic (exact) mass is 415 g/mol. The van der Waals surface area contributed by atoms with E-state index in [4.69, 9.17) is 4.42 Å². The quantitative estimate of drug-likeness (QED) is 0.457. The van der Waals surface area contributed by atoms with E-state index in [9.17, 15) is 17.6 Å². The van der Waals surface area contributed by atoms with Crippen molar-refractivity contribution in [3.63, 3.8) is 0 Å². The van der Waals surface area contributed by atoms with Crippen LogP contribution in [-0.4, -0.2) is 20.0 Å². The van der Waals surface area contributed by atoms with Gasteiger partial charge in [0.05, 0.1) is 23.4 Å². The Morgan fingerprint density at radius 3 is 2.31 bits per heavy atom. The minimum absolute atomic E-state index is 0.0486. The van der Waals surface area contributed by atoms with Crippen LogP contribution in [0.2, 0.25) is 0 Å². The Hall–Kier alpha value is -3.30. The van der Waals surface area contributed by atoms with E-state index < -0.39 is 21.7 Å². The minimum Gasteiger partial charge on any atom is -0.468 e. The minimum atomic E-state index is -3.69. The Labute approximate surface area is 167 Å². The van der Waals surface area contributed by atoms with Gasteiger partial charge in [-0.15, -0.1) is 0 Å². The molecule has 7 nitrogen and oxygen atoms in total. The van der Waals surface area contributed by atoms with Crippen molar-refractivity contribution >= 4 is 21.6 Å². The van der Waals surface area contributed by atoms with Crippen LogP contribution < -0.4 is 10.1 Å². The molecule has 9 heteroatoms. The number of carbonyl (C=O) groups excluding carboxylic acids is 1. The van der Waals surface area contributed by atoms with Crippen molar-refractivity contribution in [2.45, 2.75) is 18.4 Å². The summed E-state index contributed by atoms with van der Waals surface area (Å²) in [5.41, 5.74) is 3.77. The second-order valence-corrected chi connectivity index (χ2v) is 7.84. The molecule has 0 saturated heterocycles. The summed E-state index contributed by atoms with van der Waals surface area (Å²) in [6.45, 7) is 1.72. The van der Waals surface area contributed by atoms with E-state index in [1.54, 1.807) is 31.2 Å². The standard InChI is InChI=1S/C20H18FN3O4S/c1-14(23-24-20(25)16-4-8-17(21)9-5-16)15-6-10-19(11-7-15)29(26,27)22-13-18-3-2-12-28-18/h2-12,22H,13H2,1H3,(H,24,25)/b23-14+. The number of nitrogens with zero attached hydrogens (tertiary/aromatic N) is 1. The lowest BCUT2D eigenvalue weighted by Gasteiger charge is -2.07. The van der Waals surface area contributed by atoms with Gasteiger partial charge in [0.1, 0.15) is 11.6 Å². The Morgan fingerprint density at radius 2 is 1.69 bits per heavy atom.